The molecule has 0 aromatic heterocycles. The van der Waals surface area contributed by atoms with E-state index in [2.05, 4.69) is 31.9 Å². The SMILES string of the molecule is C=CCN1CC(C)(C)CC1(CC(=C)C)C(=O)OCC. The fourth-order valence-corrected chi connectivity index (χ4v) is 3.23. The van der Waals surface area contributed by atoms with E-state index in [9.17, 15) is 4.79 Å². The fraction of sp³-hybridized carbons (Fsp3) is 0.688. The van der Waals surface area contributed by atoms with Crippen LogP contribution in [0.1, 0.15) is 40.5 Å². The summed E-state index contributed by atoms with van der Waals surface area (Å²) in [7, 11) is 0. The first-order valence-corrected chi connectivity index (χ1v) is 6.95. The number of esters is 1. The van der Waals surface area contributed by atoms with Crippen LogP contribution in [0.4, 0.5) is 0 Å². The average Bonchev–Trinajstić information content (AvgIpc) is 2.50. The van der Waals surface area contributed by atoms with Gasteiger partial charge in [0.15, 0.2) is 0 Å². The Morgan fingerprint density at radius 1 is 1.47 bits per heavy atom. The standard InChI is InChI=1S/C16H27NO2/c1-7-9-17-12-15(5,6)11-16(17,10-13(3)4)14(18)19-8-2/h7H,1,3,8-12H2,2,4-6H3. The van der Waals surface area contributed by atoms with Crippen LogP contribution in [0.5, 0.6) is 0 Å². The van der Waals surface area contributed by atoms with Crippen LogP contribution in [0.2, 0.25) is 0 Å². The van der Waals surface area contributed by atoms with Crippen molar-refractivity contribution in [3.05, 3.63) is 24.8 Å². The number of rotatable bonds is 6. The van der Waals surface area contributed by atoms with Crippen molar-refractivity contribution < 1.29 is 9.53 Å². The Bertz CT molecular complexity index is 373. The summed E-state index contributed by atoms with van der Waals surface area (Å²) < 4.78 is 5.34. The predicted molar refractivity (Wildman–Crippen MR) is 79.0 cm³/mol. The van der Waals surface area contributed by atoms with E-state index < -0.39 is 5.54 Å². The van der Waals surface area contributed by atoms with Crippen LogP contribution < -0.4 is 0 Å². The minimum absolute atomic E-state index is 0.102. The maximum absolute atomic E-state index is 12.5. The second-order valence-electron chi connectivity index (χ2n) is 6.40. The first-order valence-electron chi connectivity index (χ1n) is 6.95. The van der Waals surface area contributed by atoms with E-state index in [4.69, 9.17) is 4.74 Å². The zero-order valence-electron chi connectivity index (χ0n) is 12.8. The van der Waals surface area contributed by atoms with Crippen molar-refractivity contribution >= 4 is 5.97 Å². The number of nitrogens with zero attached hydrogens (tertiary/aromatic N) is 1. The molecule has 1 saturated heterocycles. The van der Waals surface area contributed by atoms with Gasteiger partial charge in [-0.2, -0.15) is 0 Å². The van der Waals surface area contributed by atoms with Crippen molar-refractivity contribution in [2.75, 3.05) is 19.7 Å². The fourth-order valence-electron chi connectivity index (χ4n) is 3.23. The van der Waals surface area contributed by atoms with Crippen LogP contribution in [0.15, 0.2) is 24.8 Å². The predicted octanol–water partition coefficient (Wildman–Crippen LogP) is 3.17. The summed E-state index contributed by atoms with van der Waals surface area (Å²) in [5.74, 6) is -0.120. The lowest BCUT2D eigenvalue weighted by atomic mass is 9.80. The molecule has 0 N–H and O–H groups in total. The first-order chi connectivity index (χ1) is 8.77. The Labute approximate surface area is 117 Å². The average molecular weight is 265 g/mol. The van der Waals surface area contributed by atoms with Gasteiger partial charge >= 0.3 is 5.97 Å². The molecule has 3 heteroatoms. The lowest BCUT2D eigenvalue weighted by molar-refractivity contribution is -0.156. The molecule has 1 fully saturated rings. The highest BCUT2D eigenvalue weighted by Crippen LogP contribution is 2.45. The molecule has 1 aliphatic rings. The highest BCUT2D eigenvalue weighted by atomic mass is 16.5. The van der Waals surface area contributed by atoms with E-state index in [1.54, 1.807) is 0 Å². The third kappa shape index (κ3) is 3.47. The second-order valence-corrected chi connectivity index (χ2v) is 6.40. The van der Waals surface area contributed by atoms with Crippen LogP contribution >= 0.6 is 0 Å². The Morgan fingerprint density at radius 2 is 2.11 bits per heavy atom. The molecule has 1 rings (SSSR count). The minimum Gasteiger partial charge on any atom is -0.465 e. The Morgan fingerprint density at radius 3 is 2.58 bits per heavy atom. The van der Waals surface area contributed by atoms with Crippen molar-refractivity contribution in [2.45, 2.75) is 46.1 Å². The van der Waals surface area contributed by atoms with Gasteiger partial charge in [-0.1, -0.05) is 25.5 Å². The van der Waals surface area contributed by atoms with Gasteiger partial charge in [-0.15, -0.1) is 13.2 Å². The molecule has 0 aromatic carbocycles. The number of carbonyl (C=O) groups excluding carboxylic acids is 1. The third-order valence-corrected chi connectivity index (χ3v) is 3.59. The Balaban J connectivity index is 3.14. The van der Waals surface area contributed by atoms with Crippen LogP contribution in [-0.4, -0.2) is 36.1 Å². The molecule has 1 unspecified atom stereocenters. The molecule has 108 valence electrons. The van der Waals surface area contributed by atoms with E-state index in [1.165, 1.54) is 0 Å². The number of likely N-dealkylation sites (tertiary alicyclic amines) is 1. The van der Waals surface area contributed by atoms with Crippen LogP contribution in [0, 0.1) is 5.41 Å². The van der Waals surface area contributed by atoms with Crippen molar-refractivity contribution in [2.24, 2.45) is 5.41 Å². The van der Waals surface area contributed by atoms with Crippen molar-refractivity contribution in [3.63, 3.8) is 0 Å². The summed E-state index contributed by atoms with van der Waals surface area (Å²) in [6.45, 7) is 18.0. The van der Waals surface area contributed by atoms with Gasteiger partial charge in [0.05, 0.1) is 6.61 Å². The van der Waals surface area contributed by atoms with Crippen molar-refractivity contribution in [1.82, 2.24) is 4.90 Å². The van der Waals surface area contributed by atoms with Gasteiger partial charge in [-0.25, -0.2) is 0 Å². The van der Waals surface area contributed by atoms with Crippen molar-refractivity contribution in [1.29, 1.82) is 0 Å². The van der Waals surface area contributed by atoms with Crippen LogP contribution in [-0.2, 0) is 9.53 Å². The largest absolute Gasteiger partial charge is 0.465 e. The lowest BCUT2D eigenvalue weighted by Crippen LogP contribution is -2.51. The molecule has 1 heterocycles. The highest BCUT2D eigenvalue weighted by Gasteiger charge is 2.54. The monoisotopic (exact) mass is 265 g/mol. The number of carbonyl (C=O) groups is 1. The summed E-state index contributed by atoms with van der Waals surface area (Å²) in [4.78, 5) is 14.7. The highest BCUT2D eigenvalue weighted by molar-refractivity contribution is 5.82. The third-order valence-electron chi connectivity index (χ3n) is 3.59. The minimum atomic E-state index is -0.570. The van der Waals surface area contributed by atoms with Gasteiger partial charge in [0, 0.05) is 13.1 Å². The van der Waals surface area contributed by atoms with E-state index in [0.717, 1.165) is 18.5 Å². The normalized spacial score (nSPS) is 26.1. The van der Waals surface area contributed by atoms with Gasteiger partial charge in [0.1, 0.15) is 5.54 Å². The second kappa shape index (κ2) is 5.91. The number of ether oxygens (including phenoxy) is 1. The molecule has 0 aromatic rings. The topological polar surface area (TPSA) is 29.5 Å². The van der Waals surface area contributed by atoms with E-state index in [1.807, 2.05) is 19.9 Å². The maximum Gasteiger partial charge on any atom is 0.326 e. The molecule has 1 aliphatic heterocycles. The van der Waals surface area contributed by atoms with E-state index in [-0.39, 0.29) is 11.4 Å². The molecule has 0 saturated carbocycles. The molecule has 0 spiro atoms. The first kappa shape index (κ1) is 16.0. The molecule has 0 bridgehead atoms. The summed E-state index contributed by atoms with van der Waals surface area (Å²) in [6, 6.07) is 0. The zero-order valence-corrected chi connectivity index (χ0v) is 12.8. The molecule has 0 aliphatic carbocycles. The molecular weight excluding hydrogens is 238 g/mol. The quantitative estimate of drug-likeness (QED) is 0.546. The van der Waals surface area contributed by atoms with Crippen LogP contribution in [0.25, 0.3) is 0 Å². The van der Waals surface area contributed by atoms with Crippen LogP contribution in [0.3, 0.4) is 0 Å². The Kier molecular flexibility index (Phi) is 4.97. The van der Waals surface area contributed by atoms with Gasteiger partial charge in [-0.05, 0) is 32.1 Å². The summed E-state index contributed by atoms with van der Waals surface area (Å²) >= 11 is 0. The lowest BCUT2D eigenvalue weighted by Gasteiger charge is -2.35. The summed E-state index contributed by atoms with van der Waals surface area (Å²) in [5.41, 5.74) is 0.546. The van der Waals surface area contributed by atoms with E-state index in [0.29, 0.717) is 19.6 Å². The number of hydrogen-bond donors (Lipinski definition) is 0. The van der Waals surface area contributed by atoms with Gasteiger partial charge < -0.3 is 4.74 Å². The van der Waals surface area contributed by atoms with Crippen molar-refractivity contribution in [3.8, 4) is 0 Å². The molecular formula is C16H27NO2. The Hall–Kier alpha value is -1.09. The maximum atomic E-state index is 12.5. The smallest absolute Gasteiger partial charge is 0.326 e. The van der Waals surface area contributed by atoms with E-state index >= 15 is 0 Å². The zero-order chi connectivity index (χ0) is 14.7. The molecule has 0 radical (unpaired) electrons. The van der Waals surface area contributed by atoms with Gasteiger partial charge in [0.2, 0.25) is 0 Å². The summed E-state index contributed by atoms with van der Waals surface area (Å²) in [5, 5.41) is 0. The number of hydrogen-bond acceptors (Lipinski definition) is 3. The molecule has 19 heavy (non-hydrogen) atoms. The van der Waals surface area contributed by atoms with Gasteiger partial charge in [-0.3, -0.25) is 9.69 Å². The summed E-state index contributed by atoms with van der Waals surface area (Å²) in [6.07, 6.45) is 3.32. The molecule has 0 amide bonds. The molecule has 3 nitrogen and oxygen atoms in total. The van der Waals surface area contributed by atoms with Gasteiger partial charge in [0.25, 0.3) is 0 Å². The molecule has 1 atom stereocenters.